The van der Waals surface area contributed by atoms with E-state index in [4.69, 9.17) is 5.73 Å². The van der Waals surface area contributed by atoms with Crippen LogP contribution < -0.4 is 16.0 Å². The molecule has 8 heteroatoms. The van der Waals surface area contributed by atoms with Crippen LogP contribution >= 0.6 is 12.4 Å². The summed E-state index contributed by atoms with van der Waals surface area (Å²) in [4.78, 5) is 12.6. The number of fused-ring (bicyclic) bond motifs is 1. The Balaban J connectivity index is 0.00000180. The van der Waals surface area contributed by atoms with Crippen molar-refractivity contribution in [3.05, 3.63) is 24.3 Å². The van der Waals surface area contributed by atoms with Gasteiger partial charge in [0.25, 0.3) is 0 Å². The van der Waals surface area contributed by atoms with Crippen molar-refractivity contribution < 1.29 is 18.0 Å². The van der Waals surface area contributed by atoms with E-state index in [-0.39, 0.29) is 19.0 Å². The molecule has 0 radical (unpaired) electrons. The molecule has 1 amide bonds. The third-order valence-corrected chi connectivity index (χ3v) is 2.63. The number of nitrogens with two attached hydrogens (primary N) is 1. The summed E-state index contributed by atoms with van der Waals surface area (Å²) in [5.74, 6) is -0.480. The lowest BCUT2D eigenvalue weighted by Gasteiger charge is -2.26. The van der Waals surface area contributed by atoms with Gasteiger partial charge in [0.05, 0.1) is 11.4 Å². The first-order chi connectivity index (χ1) is 8.37. The van der Waals surface area contributed by atoms with Crippen LogP contribution in [0.15, 0.2) is 24.3 Å². The molecule has 0 spiro atoms. The molecule has 1 aliphatic heterocycles. The van der Waals surface area contributed by atoms with Gasteiger partial charge in [-0.2, -0.15) is 13.2 Å². The molecule has 3 N–H and O–H groups in total. The Hall–Kier alpha value is -1.47. The highest BCUT2D eigenvalue weighted by molar-refractivity contribution is 5.99. The number of hydrogen-bond acceptors (Lipinski definition) is 3. The number of nitrogens with zero attached hydrogens (tertiary/aromatic N) is 1. The van der Waals surface area contributed by atoms with Gasteiger partial charge in [-0.1, -0.05) is 12.1 Å². The van der Waals surface area contributed by atoms with Crippen LogP contribution in [0.25, 0.3) is 0 Å². The van der Waals surface area contributed by atoms with Crippen LogP contribution in [0.2, 0.25) is 0 Å². The molecule has 0 aromatic heterocycles. The van der Waals surface area contributed by atoms with Crippen LogP contribution in [0.1, 0.15) is 0 Å². The fourth-order valence-corrected chi connectivity index (χ4v) is 1.87. The molecule has 19 heavy (non-hydrogen) atoms. The Bertz CT molecular complexity index is 467. The lowest BCUT2D eigenvalue weighted by Crippen LogP contribution is -2.45. The first-order valence-corrected chi connectivity index (χ1v) is 5.34. The number of nitrogens with one attached hydrogen (secondary N) is 1. The quantitative estimate of drug-likeness (QED) is 0.830. The van der Waals surface area contributed by atoms with E-state index in [9.17, 15) is 18.0 Å². The van der Waals surface area contributed by atoms with Gasteiger partial charge in [0.1, 0.15) is 12.6 Å². The highest BCUT2D eigenvalue weighted by Crippen LogP contribution is 2.30. The molecule has 2 rings (SSSR count). The van der Waals surface area contributed by atoms with E-state index in [1.807, 2.05) is 0 Å². The second kappa shape index (κ2) is 5.66. The van der Waals surface area contributed by atoms with Crippen molar-refractivity contribution in [3.8, 4) is 0 Å². The van der Waals surface area contributed by atoms with Crippen LogP contribution in [0.4, 0.5) is 24.5 Å². The highest BCUT2D eigenvalue weighted by Gasteiger charge is 2.34. The number of carbonyl (C=O) groups is 1. The van der Waals surface area contributed by atoms with Gasteiger partial charge in [0.15, 0.2) is 0 Å². The molecule has 0 aliphatic carbocycles. The van der Waals surface area contributed by atoms with E-state index in [2.05, 4.69) is 5.32 Å². The molecule has 1 heterocycles. The van der Waals surface area contributed by atoms with Crippen molar-refractivity contribution in [2.45, 2.75) is 12.2 Å². The van der Waals surface area contributed by atoms with Crippen LogP contribution in [0.5, 0.6) is 0 Å². The Morgan fingerprint density at radius 1 is 1.37 bits per heavy atom. The molecular formula is C11H13ClF3N3O. The molecule has 0 saturated heterocycles. The summed E-state index contributed by atoms with van der Waals surface area (Å²) < 4.78 is 37.5. The first-order valence-electron chi connectivity index (χ1n) is 5.34. The van der Waals surface area contributed by atoms with Gasteiger partial charge in [-0.25, -0.2) is 0 Å². The van der Waals surface area contributed by atoms with Crippen molar-refractivity contribution in [3.63, 3.8) is 0 Å². The number of amides is 1. The largest absolute Gasteiger partial charge is 0.405 e. The third-order valence-electron chi connectivity index (χ3n) is 2.63. The SMILES string of the molecule is Cl.NC1CN(CC(F)(F)F)c2ccccc2NC1=O. The zero-order chi connectivity index (χ0) is 13.3. The van der Waals surface area contributed by atoms with E-state index in [0.29, 0.717) is 11.4 Å². The minimum absolute atomic E-state index is 0. The van der Waals surface area contributed by atoms with Crippen LogP contribution in [-0.4, -0.2) is 31.2 Å². The molecule has 1 aromatic rings. The number of hydrogen-bond donors (Lipinski definition) is 2. The Labute approximate surface area is 114 Å². The minimum Gasteiger partial charge on any atom is -0.359 e. The van der Waals surface area contributed by atoms with E-state index >= 15 is 0 Å². The summed E-state index contributed by atoms with van der Waals surface area (Å²) in [6.07, 6.45) is -4.35. The number of para-hydroxylation sites is 2. The molecular weight excluding hydrogens is 283 g/mol. The van der Waals surface area contributed by atoms with Gasteiger partial charge < -0.3 is 16.0 Å². The van der Waals surface area contributed by atoms with Gasteiger partial charge in [-0.05, 0) is 12.1 Å². The fourth-order valence-electron chi connectivity index (χ4n) is 1.87. The zero-order valence-electron chi connectivity index (χ0n) is 9.78. The summed E-state index contributed by atoms with van der Waals surface area (Å²) >= 11 is 0. The minimum atomic E-state index is -4.35. The van der Waals surface area contributed by atoms with E-state index in [1.54, 1.807) is 18.2 Å². The van der Waals surface area contributed by atoms with Gasteiger partial charge in [0.2, 0.25) is 5.91 Å². The number of halogens is 4. The molecule has 0 bridgehead atoms. The van der Waals surface area contributed by atoms with Crippen molar-refractivity contribution in [1.82, 2.24) is 0 Å². The molecule has 106 valence electrons. The molecule has 1 atom stereocenters. The monoisotopic (exact) mass is 295 g/mol. The zero-order valence-corrected chi connectivity index (χ0v) is 10.6. The van der Waals surface area contributed by atoms with Crippen LogP contribution in [0, 0.1) is 0 Å². The summed E-state index contributed by atoms with van der Waals surface area (Å²) in [5.41, 5.74) is 6.22. The smallest absolute Gasteiger partial charge is 0.359 e. The second-order valence-corrected chi connectivity index (χ2v) is 4.11. The van der Waals surface area contributed by atoms with Gasteiger partial charge in [-0.3, -0.25) is 4.79 Å². The maximum absolute atomic E-state index is 12.5. The summed E-state index contributed by atoms with van der Waals surface area (Å²) in [7, 11) is 0. The summed E-state index contributed by atoms with van der Waals surface area (Å²) in [5, 5.41) is 2.51. The van der Waals surface area contributed by atoms with Crippen molar-refractivity contribution in [2.24, 2.45) is 5.73 Å². The van der Waals surface area contributed by atoms with Gasteiger partial charge >= 0.3 is 6.18 Å². The molecule has 4 nitrogen and oxygen atoms in total. The van der Waals surface area contributed by atoms with Crippen LogP contribution in [0.3, 0.4) is 0 Å². The average Bonchev–Trinajstić information content (AvgIpc) is 2.36. The number of benzene rings is 1. The second-order valence-electron chi connectivity index (χ2n) is 4.11. The molecule has 0 saturated carbocycles. The summed E-state index contributed by atoms with van der Waals surface area (Å²) in [6, 6.07) is 5.35. The molecule has 1 aromatic carbocycles. The van der Waals surface area contributed by atoms with E-state index < -0.39 is 24.7 Å². The van der Waals surface area contributed by atoms with Crippen molar-refractivity contribution in [1.29, 1.82) is 0 Å². The Kier molecular flexibility index (Phi) is 4.65. The first kappa shape index (κ1) is 15.6. The highest BCUT2D eigenvalue weighted by atomic mass is 35.5. The number of anilines is 2. The maximum atomic E-state index is 12.5. The van der Waals surface area contributed by atoms with Crippen molar-refractivity contribution in [2.75, 3.05) is 23.3 Å². The Morgan fingerprint density at radius 2 is 2.00 bits per heavy atom. The average molecular weight is 296 g/mol. The number of rotatable bonds is 1. The molecule has 1 aliphatic rings. The van der Waals surface area contributed by atoms with Gasteiger partial charge in [-0.15, -0.1) is 12.4 Å². The summed E-state index contributed by atoms with van der Waals surface area (Å²) in [6.45, 7) is -1.30. The number of carbonyl (C=O) groups excluding carboxylic acids is 1. The topological polar surface area (TPSA) is 58.4 Å². The van der Waals surface area contributed by atoms with E-state index in [1.165, 1.54) is 6.07 Å². The fraction of sp³-hybridized carbons (Fsp3) is 0.364. The third kappa shape index (κ3) is 3.74. The van der Waals surface area contributed by atoms with Crippen molar-refractivity contribution >= 4 is 29.7 Å². The maximum Gasteiger partial charge on any atom is 0.405 e. The normalized spacial score (nSPS) is 19.1. The predicted octanol–water partition coefficient (Wildman–Crippen LogP) is 1.76. The lowest BCUT2D eigenvalue weighted by molar-refractivity contribution is -0.121. The van der Waals surface area contributed by atoms with Crippen LogP contribution in [-0.2, 0) is 4.79 Å². The molecule has 1 unspecified atom stereocenters. The van der Waals surface area contributed by atoms with E-state index in [0.717, 1.165) is 4.90 Å². The predicted molar refractivity (Wildman–Crippen MR) is 68.6 cm³/mol. The molecule has 0 fully saturated rings. The lowest BCUT2D eigenvalue weighted by atomic mass is 10.2. The standard InChI is InChI=1S/C11H12F3N3O.ClH/c12-11(13,14)6-17-5-7(15)10(18)16-8-3-1-2-4-9(8)17;/h1-4,7H,5-6,15H2,(H,16,18);1H. The Morgan fingerprint density at radius 3 is 2.63 bits per heavy atom. The van der Waals surface area contributed by atoms with Gasteiger partial charge in [0, 0.05) is 6.54 Å². The number of alkyl halides is 3.